The fourth-order valence-electron chi connectivity index (χ4n) is 1.84. The van der Waals surface area contributed by atoms with E-state index in [0.29, 0.717) is 5.69 Å². The molecule has 0 saturated heterocycles. The van der Waals surface area contributed by atoms with Gasteiger partial charge < -0.3 is 5.32 Å². The molecule has 1 N–H and O–H groups in total. The van der Waals surface area contributed by atoms with Crippen LogP contribution in [0.1, 0.15) is 21.5 Å². The minimum absolute atomic E-state index is 0.0732. The third kappa shape index (κ3) is 3.85. The van der Waals surface area contributed by atoms with Crippen molar-refractivity contribution in [2.45, 2.75) is 12.6 Å². The SMILES string of the molecule is N#CCc1ccc(NC(=O)c2cccc(C(F)(F)F)c2)cc1. The minimum atomic E-state index is -4.49. The van der Waals surface area contributed by atoms with Crippen molar-refractivity contribution in [1.82, 2.24) is 0 Å². The van der Waals surface area contributed by atoms with Crippen molar-refractivity contribution in [1.29, 1.82) is 5.26 Å². The van der Waals surface area contributed by atoms with Crippen LogP contribution in [0, 0.1) is 11.3 Å². The quantitative estimate of drug-likeness (QED) is 0.931. The molecule has 0 aliphatic rings. The molecule has 3 nitrogen and oxygen atoms in total. The Bertz CT molecular complexity index is 715. The highest BCUT2D eigenvalue weighted by Crippen LogP contribution is 2.29. The molecular weight excluding hydrogens is 293 g/mol. The highest BCUT2D eigenvalue weighted by atomic mass is 19.4. The van der Waals surface area contributed by atoms with Crippen LogP contribution in [-0.2, 0) is 12.6 Å². The Morgan fingerprint density at radius 3 is 2.41 bits per heavy atom. The second kappa shape index (κ2) is 6.31. The van der Waals surface area contributed by atoms with Gasteiger partial charge in [-0.2, -0.15) is 18.4 Å². The van der Waals surface area contributed by atoms with Crippen LogP contribution in [0.4, 0.5) is 18.9 Å². The summed E-state index contributed by atoms with van der Waals surface area (Å²) >= 11 is 0. The van der Waals surface area contributed by atoms with Gasteiger partial charge in [0.1, 0.15) is 0 Å². The molecule has 0 spiro atoms. The summed E-state index contributed by atoms with van der Waals surface area (Å²) in [5.74, 6) is -0.626. The monoisotopic (exact) mass is 304 g/mol. The highest BCUT2D eigenvalue weighted by molar-refractivity contribution is 6.04. The smallest absolute Gasteiger partial charge is 0.322 e. The maximum absolute atomic E-state index is 12.6. The van der Waals surface area contributed by atoms with Crippen LogP contribution in [0.3, 0.4) is 0 Å². The molecule has 0 aliphatic heterocycles. The van der Waals surface area contributed by atoms with Gasteiger partial charge >= 0.3 is 6.18 Å². The topological polar surface area (TPSA) is 52.9 Å². The number of amides is 1. The van der Waals surface area contributed by atoms with E-state index in [1.807, 2.05) is 6.07 Å². The maximum atomic E-state index is 12.6. The number of rotatable bonds is 3. The van der Waals surface area contributed by atoms with Crippen molar-refractivity contribution in [3.8, 4) is 6.07 Å². The Morgan fingerprint density at radius 2 is 1.82 bits per heavy atom. The molecule has 0 atom stereocenters. The van der Waals surface area contributed by atoms with Crippen molar-refractivity contribution in [3.63, 3.8) is 0 Å². The number of anilines is 1. The van der Waals surface area contributed by atoms with Crippen LogP contribution in [0.15, 0.2) is 48.5 Å². The predicted molar refractivity (Wildman–Crippen MR) is 75.2 cm³/mol. The lowest BCUT2D eigenvalue weighted by atomic mass is 10.1. The zero-order valence-corrected chi connectivity index (χ0v) is 11.3. The second-order valence-electron chi connectivity index (χ2n) is 4.56. The average molecular weight is 304 g/mol. The lowest BCUT2D eigenvalue weighted by molar-refractivity contribution is -0.137. The number of benzene rings is 2. The number of carbonyl (C=O) groups is 1. The molecule has 6 heteroatoms. The molecule has 112 valence electrons. The van der Waals surface area contributed by atoms with E-state index in [9.17, 15) is 18.0 Å². The van der Waals surface area contributed by atoms with Crippen molar-refractivity contribution in [2.24, 2.45) is 0 Å². The van der Waals surface area contributed by atoms with Gasteiger partial charge in [-0.05, 0) is 35.9 Å². The molecule has 2 aromatic rings. The summed E-state index contributed by atoms with van der Waals surface area (Å²) in [6, 6.07) is 12.7. The number of halogens is 3. The van der Waals surface area contributed by atoms with Gasteiger partial charge in [-0.1, -0.05) is 18.2 Å². The van der Waals surface area contributed by atoms with Gasteiger partial charge in [0.15, 0.2) is 0 Å². The van der Waals surface area contributed by atoms with E-state index < -0.39 is 17.6 Å². The van der Waals surface area contributed by atoms with Gasteiger partial charge in [0.2, 0.25) is 0 Å². The third-order valence-electron chi connectivity index (χ3n) is 2.95. The minimum Gasteiger partial charge on any atom is -0.322 e. The van der Waals surface area contributed by atoms with E-state index >= 15 is 0 Å². The molecule has 0 aromatic heterocycles. The number of alkyl halides is 3. The van der Waals surface area contributed by atoms with Crippen LogP contribution in [0.2, 0.25) is 0 Å². The summed E-state index contributed by atoms with van der Waals surface area (Å²) < 4.78 is 37.9. The molecule has 22 heavy (non-hydrogen) atoms. The third-order valence-corrected chi connectivity index (χ3v) is 2.95. The molecule has 0 bridgehead atoms. The number of hydrogen-bond acceptors (Lipinski definition) is 2. The fourth-order valence-corrected chi connectivity index (χ4v) is 1.84. The Balaban J connectivity index is 2.14. The number of carbonyl (C=O) groups excluding carboxylic acids is 1. The normalized spacial score (nSPS) is 10.8. The van der Waals surface area contributed by atoms with Crippen LogP contribution < -0.4 is 5.32 Å². The van der Waals surface area contributed by atoms with Crippen LogP contribution in [-0.4, -0.2) is 5.91 Å². The van der Waals surface area contributed by atoms with Crippen LogP contribution in [0.25, 0.3) is 0 Å². The summed E-state index contributed by atoms with van der Waals surface area (Å²) in [5.41, 5.74) is 0.295. The molecule has 0 fully saturated rings. The van der Waals surface area contributed by atoms with Gasteiger partial charge in [0, 0.05) is 11.3 Å². The van der Waals surface area contributed by atoms with Gasteiger partial charge in [0.25, 0.3) is 5.91 Å². The molecule has 0 saturated carbocycles. The van der Waals surface area contributed by atoms with Crippen molar-refractivity contribution < 1.29 is 18.0 Å². The number of nitrogens with one attached hydrogen (secondary N) is 1. The first-order valence-corrected chi connectivity index (χ1v) is 6.34. The van der Waals surface area contributed by atoms with Gasteiger partial charge in [-0.3, -0.25) is 4.79 Å². The molecule has 0 aliphatic carbocycles. The summed E-state index contributed by atoms with van der Waals surface area (Å²) in [6.07, 6.45) is -4.24. The van der Waals surface area contributed by atoms with Gasteiger partial charge in [0.05, 0.1) is 18.1 Å². The Hall–Kier alpha value is -2.81. The second-order valence-corrected chi connectivity index (χ2v) is 4.56. The number of nitriles is 1. The fraction of sp³-hybridized carbons (Fsp3) is 0.125. The van der Waals surface area contributed by atoms with Crippen molar-refractivity contribution >= 4 is 11.6 Å². The number of hydrogen-bond donors (Lipinski definition) is 1. The van der Waals surface area contributed by atoms with Crippen molar-refractivity contribution in [3.05, 3.63) is 65.2 Å². The summed E-state index contributed by atoms with van der Waals surface area (Å²) in [6.45, 7) is 0. The predicted octanol–water partition coefficient (Wildman–Crippen LogP) is 4.02. The van der Waals surface area contributed by atoms with Gasteiger partial charge in [-0.25, -0.2) is 0 Å². The zero-order chi connectivity index (χ0) is 16.2. The molecule has 0 unspecified atom stereocenters. The molecule has 2 rings (SSSR count). The van der Waals surface area contributed by atoms with E-state index in [0.717, 1.165) is 17.7 Å². The van der Waals surface area contributed by atoms with Crippen molar-refractivity contribution in [2.75, 3.05) is 5.32 Å². The Morgan fingerprint density at radius 1 is 1.14 bits per heavy atom. The largest absolute Gasteiger partial charge is 0.416 e. The molecule has 0 radical (unpaired) electrons. The lowest BCUT2D eigenvalue weighted by Crippen LogP contribution is -2.13. The van der Waals surface area contributed by atoms with Gasteiger partial charge in [-0.15, -0.1) is 0 Å². The summed E-state index contributed by atoms with van der Waals surface area (Å²) in [7, 11) is 0. The summed E-state index contributed by atoms with van der Waals surface area (Å²) in [4.78, 5) is 12.0. The molecule has 0 heterocycles. The average Bonchev–Trinajstić information content (AvgIpc) is 2.49. The van der Waals surface area contributed by atoms with Crippen LogP contribution in [0.5, 0.6) is 0 Å². The van der Waals surface area contributed by atoms with E-state index in [2.05, 4.69) is 5.32 Å². The highest BCUT2D eigenvalue weighted by Gasteiger charge is 2.30. The first kappa shape index (κ1) is 15.6. The Labute approximate surface area is 125 Å². The first-order chi connectivity index (χ1) is 10.4. The van der Waals surface area contributed by atoms with E-state index in [-0.39, 0.29) is 12.0 Å². The Kier molecular flexibility index (Phi) is 4.47. The standard InChI is InChI=1S/C16H11F3N2O/c17-16(18,19)13-3-1-2-12(10-13)15(22)21-14-6-4-11(5-7-14)8-9-20/h1-7,10H,8H2,(H,21,22). The molecule has 2 aromatic carbocycles. The summed E-state index contributed by atoms with van der Waals surface area (Å²) in [5, 5.41) is 11.1. The van der Waals surface area contributed by atoms with E-state index in [1.165, 1.54) is 12.1 Å². The van der Waals surface area contributed by atoms with E-state index in [4.69, 9.17) is 5.26 Å². The maximum Gasteiger partial charge on any atom is 0.416 e. The lowest BCUT2D eigenvalue weighted by Gasteiger charge is -2.09. The van der Waals surface area contributed by atoms with E-state index in [1.54, 1.807) is 24.3 Å². The number of nitrogens with zero attached hydrogens (tertiary/aromatic N) is 1. The molecule has 1 amide bonds. The first-order valence-electron chi connectivity index (χ1n) is 6.34. The zero-order valence-electron chi connectivity index (χ0n) is 11.3. The molecular formula is C16H11F3N2O. The van der Waals surface area contributed by atoms with Crippen LogP contribution >= 0.6 is 0 Å².